The van der Waals surface area contributed by atoms with Crippen molar-refractivity contribution in [2.24, 2.45) is 0 Å². The van der Waals surface area contributed by atoms with Crippen LogP contribution in [0.25, 0.3) is 0 Å². The third-order valence-corrected chi connectivity index (χ3v) is 6.59. The highest BCUT2D eigenvalue weighted by Gasteiger charge is 2.55. The number of imide groups is 1. The number of carbonyl (C=O) groups excluding carboxylic acids is 3. The average Bonchev–Trinajstić information content (AvgIpc) is 3.41. The lowest BCUT2D eigenvalue weighted by molar-refractivity contribution is -0.135. The van der Waals surface area contributed by atoms with E-state index in [0.29, 0.717) is 13.0 Å². The fraction of sp³-hybridized carbons (Fsp3) is 0.348. The number of nitrogens with zero attached hydrogens (tertiary/aromatic N) is 1. The molecule has 2 N–H and O–H groups in total. The van der Waals surface area contributed by atoms with Crippen molar-refractivity contribution in [3.8, 4) is 0 Å². The standard InChI is InChI=1S/C23H23N3O3/c27-19(24-15-22(12-13-22)17-7-2-1-3-8-17)14-26-20(28)23(25-21(26)29)11-10-16-6-4-5-9-18(16)23/h1-9H,10-15H2,(H,24,27)(H,25,29). The van der Waals surface area contributed by atoms with Gasteiger partial charge in [-0.05, 0) is 42.4 Å². The second-order valence-corrected chi connectivity index (χ2v) is 8.31. The van der Waals surface area contributed by atoms with Crippen molar-refractivity contribution in [3.05, 3.63) is 71.3 Å². The van der Waals surface area contributed by atoms with Gasteiger partial charge in [0.25, 0.3) is 5.91 Å². The highest BCUT2D eigenvalue weighted by atomic mass is 16.2. The number of fused-ring (bicyclic) bond motifs is 2. The minimum atomic E-state index is -1.02. The summed E-state index contributed by atoms with van der Waals surface area (Å²) in [7, 11) is 0. The molecule has 2 aromatic rings. The van der Waals surface area contributed by atoms with E-state index in [9.17, 15) is 14.4 Å². The second-order valence-electron chi connectivity index (χ2n) is 8.31. The lowest BCUT2D eigenvalue weighted by atomic mass is 9.92. The number of rotatable bonds is 5. The van der Waals surface area contributed by atoms with Gasteiger partial charge in [0.05, 0.1) is 0 Å². The molecule has 1 saturated heterocycles. The van der Waals surface area contributed by atoms with Crippen molar-refractivity contribution in [1.29, 1.82) is 0 Å². The van der Waals surface area contributed by atoms with E-state index in [2.05, 4.69) is 22.8 Å². The first kappa shape index (κ1) is 17.9. The van der Waals surface area contributed by atoms with Crippen molar-refractivity contribution in [2.45, 2.75) is 36.6 Å². The molecule has 2 fully saturated rings. The van der Waals surface area contributed by atoms with Gasteiger partial charge in [0.15, 0.2) is 0 Å². The lowest BCUT2D eigenvalue weighted by Gasteiger charge is -2.22. The molecule has 0 radical (unpaired) electrons. The van der Waals surface area contributed by atoms with Crippen LogP contribution >= 0.6 is 0 Å². The number of hydrogen-bond donors (Lipinski definition) is 2. The number of hydrogen-bond acceptors (Lipinski definition) is 3. The zero-order valence-electron chi connectivity index (χ0n) is 16.1. The molecule has 29 heavy (non-hydrogen) atoms. The molecule has 3 aliphatic rings. The minimum absolute atomic E-state index is 0.0141. The first-order valence-electron chi connectivity index (χ1n) is 10.1. The van der Waals surface area contributed by atoms with Crippen LogP contribution in [0, 0.1) is 0 Å². The van der Waals surface area contributed by atoms with Crippen LogP contribution in [0.1, 0.15) is 36.0 Å². The van der Waals surface area contributed by atoms with Gasteiger partial charge in [-0.15, -0.1) is 0 Å². The Morgan fingerprint density at radius 3 is 2.48 bits per heavy atom. The smallest absolute Gasteiger partial charge is 0.325 e. The third-order valence-electron chi connectivity index (χ3n) is 6.59. The Morgan fingerprint density at radius 1 is 1.00 bits per heavy atom. The molecule has 6 nitrogen and oxygen atoms in total. The molecular formula is C23H23N3O3. The van der Waals surface area contributed by atoms with Crippen LogP contribution in [0.3, 0.4) is 0 Å². The molecule has 0 bridgehead atoms. The zero-order valence-corrected chi connectivity index (χ0v) is 16.1. The summed E-state index contributed by atoms with van der Waals surface area (Å²) in [6.45, 7) is 0.271. The maximum absolute atomic E-state index is 13.1. The molecule has 1 heterocycles. The molecule has 1 spiro atoms. The van der Waals surface area contributed by atoms with Crippen molar-refractivity contribution in [1.82, 2.24) is 15.5 Å². The largest absolute Gasteiger partial charge is 0.354 e. The summed E-state index contributed by atoms with van der Waals surface area (Å²) in [5, 5.41) is 5.80. The van der Waals surface area contributed by atoms with Gasteiger partial charge in [-0.1, -0.05) is 54.6 Å². The van der Waals surface area contributed by atoms with E-state index in [1.54, 1.807) is 0 Å². The second kappa shape index (κ2) is 6.44. The first-order valence-corrected chi connectivity index (χ1v) is 10.1. The van der Waals surface area contributed by atoms with Gasteiger partial charge in [-0.25, -0.2) is 4.79 Å². The van der Waals surface area contributed by atoms with Gasteiger partial charge >= 0.3 is 6.03 Å². The number of benzene rings is 2. The van der Waals surface area contributed by atoms with E-state index in [0.717, 1.165) is 35.3 Å². The fourth-order valence-electron chi connectivity index (χ4n) is 4.71. The summed E-state index contributed by atoms with van der Waals surface area (Å²) in [6, 6.07) is 17.3. The van der Waals surface area contributed by atoms with Gasteiger partial charge in [0.2, 0.25) is 5.91 Å². The normalized spacial score (nSPS) is 23.8. The molecule has 5 rings (SSSR count). The molecule has 1 unspecified atom stereocenters. The Bertz CT molecular complexity index is 999. The summed E-state index contributed by atoms with van der Waals surface area (Å²) in [5.74, 6) is -0.633. The van der Waals surface area contributed by atoms with Gasteiger partial charge in [0, 0.05) is 12.0 Å². The van der Waals surface area contributed by atoms with E-state index in [-0.39, 0.29) is 23.8 Å². The highest BCUT2D eigenvalue weighted by molar-refractivity contribution is 6.09. The Morgan fingerprint density at radius 2 is 1.72 bits per heavy atom. The number of aryl methyl sites for hydroxylation is 1. The molecular weight excluding hydrogens is 366 g/mol. The highest BCUT2D eigenvalue weighted by Crippen LogP contribution is 2.47. The lowest BCUT2D eigenvalue weighted by Crippen LogP contribution is -2.44. The van der Waals surface area contributed by atoms with Crippen molar-refractivity contribution in [3.63, 3.8) is 0 Å². The fourth-order valence-corrected chi connectivity index (χ4v) is 4.71. The van der Waals surface area contributed by atoms with Crippen LogP contribution < -0.4 is 10.6 Å². The Kier molecular flexibility index (Phi) is 3.98. The SMILES string of the molecule is O=C(CN1C(=O)NC2(CCc3ccccc32)C1=O)NCC1(c2ccccc2)CC1. The maximum atomic E-state index is 13.1. The molecule has 148 valence electrons. The number of nitrogens with one attached hydrogen (secondary N) is 2. The van der Waals surface area contributed by atoms with E-state index in [1.807, 2.05) is 42.5 Å². The third kappa shape index (κ3) is 2.82. The topological polar surface area (TPSA) is 78.5 Å². The van der Waals surface area contributed by atoms with Crippen molar-refractivity contribution in [2.75, 3.05) is 13.1 Å². The average molecular weight is 389 g/mol. The summed E-state index contributed by atoms with van der Waals surface area (Å²) in [4.78, 5) is 39.3. The molecule has 1 atom stereocenters. The van der Waals surface area contributed by atoms with Gasteiger partial charge in [-0.3, -0.25) is 14.5 Å². The van der Waals surface area contributed by atoms with Crippen molar-refractivity contribution >= 4 is 17.8 Å². The Balaban J connectivity index is 1.26. The van der Waals surface area contributed by atoms with E-state index in [1.165, 1.54) is 5.56 Å². The molecule has 2 aliphatic carbocycles. The summed E-state index contributed by atoms with van der Waals surface area (Å²) >= 11 is 0. The minimum Gasteiger partial charge on any atom is -0.354 e. The van der Waals surface area contributed by atoms with E-state index >= 15 is 0 Å². The molecule has 4 amide bonds. The maximum Gasteiger partial charge on any atom is 0.325 e. The number of urea groups is 1. The number of amides is 4. The van der Waals surface area contributed by atoms with Crippen molar-refractivity contribution < 1.29 is 14.4 Å². The predicted molar refractivity (Wildman–Crippen MR) is 107 cm³/mol. The molecule has 1 aliphatic heterocycles. The van der Waals surface area contributed by atoms with Crippen LogP contribution in [-0.4, -0.2) is 35.8 Å². The zero-order chi connectivity index (χ0) is 20.1. The van der Waals surface area contributed by atoms with Crippen LogP contribution in [0.5, 0.6) is 0 Å². The predicted octanol–water partition coefficient (Wildman–Crippen LogP) is 2.23. The van der Waals surface area contributed by atoms with E-state index in [4.69, 9.17) is 0 Å². The number of carbonyl (C=O) groups is 3. The van der Waals surface area contributed by atoms with Crippen LogP contribution in [0.4, 0.5) is 4.79 Å². The molecule has 2 aromatic carbocycles. The van der Waals surface area contributed by atoms with Gasteiger partial charge in [-0.2, -0.15) is 0 Å². The van der Waals surface area contributed by atoms with Gasteiger partial charge in [0.1, 0.15) is 12.1 Å². The summed E-state index contributed by atoms with van der Waals surface area (Å²) in [6.07, 6.45) is 3.33. The Hall–Kier alpha value is -3.15. The molecule has 0 aromatic heterocycles. The molecule has 1 saturated carbocycles. The molecule has 6 heteroatoms. The summed E-state index contributed by atoms with van der Waals surface area (Å²) in [5.41, 5.74) is 2.11. The van der Waals surface area contributed by atoms with E-state index < -0.39 is 11.6 Å². The Labute approximate surface area is 169 Å². The van der Waals surface area contributed by atoms with Crippen LogP contribution in [0.15, 0.2) is 54.6 Å². The van der Waals surface area contributed by atoms with Gasteiger partial charge < -0.3 is 10.6 Å². The quantitative estimate of drug-likeness (QED) is 0.770. The monoisotopic (exact) mass is 389 g/mol. The van der Waals surface area contributed by atoms with Crippen LogP contribution in [-0.2, 0) is 27.0 Å². The summed E-state index contributed by atoms with van der Waals surface area (Å²) < 4.78 is 0. The van der Waals surface area contributed by atoms with Crippen LogP contribution in [0.2, 0.25) is 0 Å². The first-order chi connectivity index (χ1) is 14.0.